The van der Waals surface area contributed by atoms with Gasteiger partial charge in [-0.1, -0.05) is 6.07 Å². The summed E-state index contributed by atoms with van der Waals surface area (Å²) >= 11 is 1.84. The lowest BCUT2D eigenvalue weighted by atomic mass is 10.2. The summed E-state index contributed by atoms with van der Waals surface area (Å²) in [4.78, 5) is 8.85. The molecule has 0 saturated carbocycles. The van der Waals surface area contributed by atoms with E-state index in [1.807, 2.05) is 11.3 Å². The van der Waals surface area contributed by atoms with E-state index in [2.05, 4.69) is 40.0 Å². The van der Waals surface area contributed by atoms with Crippen LogP contribution in [-0.4, -0.2) is 70.5 Å². The molecule has 0 bridgehead atoms. The second kappa shape index (κ2) is 13.1. The molecule has 0 spiro atoms. The van der Waals surface area contributed by atoms with Crippen molar-refractivity contribution in [2.75, 3.05) is 59.7 Å². The number of nitrogens with zero attached hydrogens (tertiary/aromatic N) is 2. The molecule has 0 aromatic carbocycles. The number of methoxy groups -OCH3 is 1. The Balaban J connectivity index is 1.81. The van der Waals surface area contributed by atoms with Crippen LogP contribution in [0.5, 0.6) is 0 Å². The number of hydrogen-bond donors (Lipinski definition) is 2. The first-order valence-electron chi connectivity index (χ1n) is 9.71. The number of aliphatic imine (C=N–C) groups is 1. The molecule has 1 aromatic rings. The highest BCUT2D eigenvalue weighted by Crippen LogP contribution is 2.28. The lowest BCUT2D eigenvalue weighted by Crippen LogP contribution is -2.39. The Morgan fingerprint density at radius 2 is 2.12 bits per heavy atom. The molecule has 1 atom stereocenters. The highest BCUT2D eigenvalue weighted by molar-refractivity contribution is 7.10. The lowest BCUT2D eigenvalue weighted by Gasteiger charge is -2.25. The van der Waals surface area contributed by atoms with E-state index in [4.69, 9.17) is 14.5 Å². The molecule has 0 radical (unpaired) electrons. The highest BCUT2D eigenvalue weighted by Gasteiger charge is 2.24. The number of guanidine groups is 1. The fraction of sp³-hybridized carbons (Fsp3) is 0.737. The number of likely N-dealkylation sites (tertiary alicyclic amines) is 1. The molecule has 6 nitrogen and oxygen atoms in total. The van der Waals surface area contributed by atoms with Crippen molar-refractivity contribution in [1.82, 2.24) is 15.5 Å². The molecule has 1 aromatic heterocycles. The van der Waals surface area contributed by atoms with Gasteiger partial charge in [0.2, 0.25) is 0 Å². The molecule has 1 fully saturated rings. The quantitative estimate of drug-likeness (QED) is 0.330. The van der Waals surface area contributed by atoms with Gasteiger partial charge in [0.15, 0.2) is 5.96 Å². The molecular formula is C19H34N4O2S. The van der Waals surface area contributed by atoms with E-state index >= 15 is 0 Å². The smallest absolute Gasteiger partial charge is 0.191 e. The lowest BCUT2D eigenvalue weighted by molar-refractivity contribution is 0.0698. The Kier molecular flexibility index (Phi) is 10.6. The van der Waals surface area contributed by atoms with Crippen molar-refractivity contribution in [3.05, 3.63) is 22.4 Å². The van der Waals surface area contributed by atoms with Crippen LogP contribution >= 0.6 is 11.3 Å². The van der Waals surface area contributed by atoms with E-state index in [1.54, 1.807) is 7.11 Å². The van der Waals surface area contributed by atoms with Crippen molar-refractivity contribution >= 4 is 17.3 Å². The van der Waals surface area contributed by atoms with Gasteiger partial charge in [-0.05, 0) is 50.7 Å². The second-order valence-corrected chi connectivity index (χ2v) is 7.36. The van der Waals surface area contributed by atoms with Gasteiger partial charge >= 0.3 is 0 Å². The molecule has 1 aliphatic heterocycles. The van der Waals surface area contributed by atoms with Gasteiger partial charge < -0.3 is 20.1 Å². The van der Waals surface area contributed by atoms with E-state index in [0.717, 1.165) is 38.6 Å². The van der Waals surface area contributed by atoms with Crippen LogP contribution in [0.3, 0.4) is 0 Å². The first-order chi connectivity index (χ1) is 12.8. The van der Waals surface area contributed by atoms with Gasteiger partial charge in [0.25, 0.3) is 0 Å². The Hall–Kier alpha value is -1.15. The van der Waals surface area contributed by atoms with Crippen molar-refractivity contribution in [1.29, 1.82) is 0 Å². The average molecular weight is 383 g/mol. The van der Waals surface area contributed by atoms with E-state index in [-0.39, 0.29) is 0 Å². The third kappa shape index (κ3) is 7.61. The van der Waals surface area contributed by atoms with Crippen LogP contribution in [0.1, 0.15) is 37.1 Å². The number of nitrogens with one attached hydrogen (secondary N) is 2. The third-order valence-corrected chi connectivity index (χ3v) is 5.38. The van der Waals surface area contributed by atoms with Gasteiger partial charge in [0, 0.05) is 31.7 Å². The Morgan fingerprint density at radius 3 is 2.81 bits per heavy atom. The van der Waals surface area contributed by atoms with Crippen molar-refractivity contribution in [3.8, 4) is 0 Å². The maximum absolute atomic E-state index is 5.50. The van der Waals surface area contributed by atoms with Crippen LogP contribution < -0.4 is 10.6 Å². The normalized spacial score (nSPS) is 16.8. The van der Waals surface area contributed by atoms with Crippen LogP contribution in [-0.2, 0) is 9.47 Å². The molecule has 0 aliphatic carbocycles. The second-order valence-electron chi connectivity index (χ2n) is 6.38. The maximum atomic E-state index is 5.50. The van der Waals surface area contributed by atoms with E-state index in [1.165, 1.54) is 30.8 Å². The summed E-state index contributed by atoms with van der Waals surface area (Å²) in [6.07, 6.45) is 3.55. The van der Waals surface area contributed by atoms with Crippen LogP contribution in [0.4, 0.5) is 0 Å². The SMILES string of the molecule is CCNC(=NCC(c1cccs1)N1CCCC1)NCCCOCCOC. The molecule has 1 aliphatic rings. The summed E-state index contributed by atoms with van der Waals surface area (Å²) in [5, 5.41) is 8.93. The van der Waals surface area contributed by atoms with Gasteiger partial charge in [-0.2, -0.15) is 0 Å². The van der Waals surface area contributed by atoms with Gasteiger partial charge in [-0.15, -0.1) is 11.3 Å². The Labute approximate surface area is 162 Å². The minimum atomic E-state index is 0.394. The zero-order chi connectivity index (χ0) is 18.5. The zero-order valence-electron chi connectivity index (χ0n) is 16.2. The van der Waals surface area contributed by atoms with Crippen molar-refractivity contribution in [3.63, 3.8) is 0 Å². The average Bonchev–Trinajstić information content (AvgIpc) is 3.35. The van der Waals surface area contributed by atoms with Crippen molar-refractivity contribution in [2.45, 2.75) is 32.2 Å². The maximum Gasteiger partial charge on any atom is 0.191 e. The van der Waals surface area contributed by atoms with Crippen LogP contribution in [0.15, 0.2) is 22.5 Å². The van der Waals surface area contributed by atoms with Gasteiger partial charge in [0.05, 0.1) is 25.8 Å². The molecular weight excluding hydrogens is 348 g/mol. The van der Waals surface area contributed by atoms with Crippen LogP contribution in [0.25, 0.3) is 0 Å². The molecule has 7 heteroatoms. The number of thiophene rings is 1. The van der Waals surface area contributed by atoms with Crippen molar-refractivity contribution in [2.24, 2.45) is 4.99 Å². The van der Waals surface area contributed by atoms with Gasteiger partial charge in [-0.3, -0.25) is 9.89 Å². The highest BCUT2D eigenvalue weighted by atomic mass is 32.1. The molecule has 2 heterocycles. The predicted octanol–water partition coefficient (Wildman–Crippen LogP) is 2.49. The topological polar surface area (TPSA) is 58.1 Å². The minimum absolute atomic E-state index is 0.394. The Morgan fingerprint density at radius 1 is 1.27 bits per heavy atom. The summed E-state index contributed by atoms with van der Waals surface area (Å²) in [6.45, 7) is 9.02. The van der Waals surface area contributed by atoms with Crippen molar-refractivity contribution < 1.29 is 9.47 Å². The molecule has 1 unspecified atom stereocenters. The standard InChI is InChI=1S/C19H34N4O2S/c1-3-20-19(21-9-7-12-25-14-13-24-2)22-16-17(18-8-6-15-26-18)23-10-4-5-11-23/h6,8,15,17H,3-5,7,9-14,16H2,1-2H3,(H2,20,21,22). The first kappa shape index (κ1) is 21.2. The molecule has 1 saturated heterocycles. The summed E-state index contributed by atoms with van der Waals surface area (Å²) in [5.74, 6) is 0.894. The fourth-order valence-electron chi connectivity index (χ4n) is 3.06. The predicted molar refractivity (Wildman–Crippen MR) is 109 cm³/mol. The fourth-order valence-corrected chi connectivity index (χ4v) is 3.92. The van der Waals surface area contributed by atoms with Crippen LogP contribution in [0.2, 0.25) is 0 Å². The molecule has 2 rings (SSSR count). The number of hydrogen-bond acceptors (Lipinski definition) is 5. The summed E-state index contributed by atoms with van der Waals surface area (Å²) < 4.78 is 10.5. The molecule has 0 amide bonds. The Bertz CT molecular complexity index is 490. The van der Waals surface area contributed by atoms with Gasteiger partial charge in [0.1, 0.15) is 0 Å². The zero-order valence-corrected chi connectivity index (χ0v) is 17.0. The molecule has 2 N–H and O–H groups in total. The molecule has 26 heavy (non-hydrogen) atoms. The minimum Gasteiger partial charge on any atom is -0.382 e. The summed E-state index contributed by atoms with van der Waals surface area (Å²) in [7, 11) is 1.69. The number of rotatable bonds is 12. The summed E-state index contributed by atoms with van der Waals surface area (Å²) in [6, 6.07) is 4.77. The van der Waals surface area contributed by atoms with Gasteiger partial charge in [-0.25, -0.2) is 0 Å². The van der Waals surface area contributed by atoms with E-state index < -0.39 is 0 Å². The van der Waals surface area contributed by atoms with E-state index in [9.17, 15) is 0 Å². The number of ether oxygens (including phenoxy) is 2. The third-order valence-electron chi connectivity index (χ3n) is 4.41. The first-order valence-corrected chi connectivity index (χ1v) is 10.6. The summed E-state index contributed by atoms with van der Waals surface area (Å²) in [5.41, 5.74) is 0. The molecule has 148 valence electrons. The monoisotopic (exact) mass is 382 g/mol. The largest absolute Gasteiger partial charge is 0.382 e. The van der Waals surface area contributed by atoms with Crippen LogP contribution in [0, 0.1) is 0 Å². The van der Waals surface area contributed by atoms with E-state index in [0.29, 0.717) is 19.3 Å².